The minimum atomic E-state index is 0.174. The number of rotatable bonds is 3. The molecule has 2 rings (SSSR count). The van der Waals surface area contributed by atoms with Gasteiger partial charge in [-0.1, -0.05) is 13.8 Å². The van der Waals surface area contributed by atoms with Gasteiger partial charge in [0.05, 0.1) is 5.54 Å². The van der Waals surface area contributed by atoms with Gasteiger partial charge in [0.15, 0.2) is 0 Å². The van der Waals surface area contributed by atoms with Crippen LogP contribution in [0.25, 0.3) is 0 Å². The third-order valence-corrected chi connectivity index (χ3v) is 3.04. The van der Waals surface area contributed by atoms with E-state index in [2.05, 4.69) is 40.8 Å². The summed E-state index contributed by atoms with van der Waals surface area (Å²) in [5, 5.41) is 7.60. The molecular weight excluding hydrogens is 196 g/mol. The molecule has 1 aliphatic rings. The first kappa shape index (κ1) is 9.86. The maximum Gasteiger partial charge on any atom is 0.203 e. The zero-order chi connectivity index (χ0) is 10.2. The maximum absolute atomic E-state index is 4.45. The van der Waals surface area contributed by atoms with Crippen molar-refractivity contribution in [2.24, 2.45) is 0 Å². The standard InChI is InChI=1S/C9H16N4S/c1-6(2)7-11-8(14-13-7)12-9(3)4-10-5-9/h6,10H,4-5H2,1-3H3,(H,11,12,13). The van der Waals surface area contributed by atoms with E-state index in [1.165, 1.54) is 11.5 Å². The van der Waals surface area contributed by atoms with E-state index in [-0.39, 0.29) is 5.54 Å². The molecule has 0 saturated carbocycles. The highest BCUT2D eigenvalue weighted by atomic mass is 32.1. The van der Waals surface area contributed by atoms with Crippen LogP contribution in [-0.2, 0) is 0 Å². The van der Waals surface area contributed by atoms with E-state index in [1.54, 1.807) is 0 Å². The molecular formula is C9H16N4S. The summed E-state index contributed by atoms with van der Waals surface area (Å²) >= 11 is 1.45. The summed E-state index contributed by atoms with van der Waals surface area (Å²) in [6, 6.07) is 0. The molecule has 0 aromatic carbocycles. The Labute approximate surface area is 88.3 Å². The quantitative estimate of drug-likeness (QED) is 0.796. The van der Waals surface area contributed by atoms with Gasteiger partial charge in [-0.25, -0.2) is 4.98 Å². The van der Waals surface area contributed by atoms with Crippen LogP contribution >= 0.6 is 11.5 Å². The molecule has 1 fully saturated rings. The first-order valence-corrected chi connectivity index (χ1v) is 5.69. The van der Waals surface area contributed by atoms with E-state index in [0.717, 1.165) is 24.0 Å². The van der Waals surface area contributed by atoms with Crippen LogP contribution in [0.5, 0.6) is 0 Å². The molecule has 14 heavy (non-hydrogen) atoms. The zero-order valence-corrected chi connectivity index (χ0v) is 9.61. The second-order valence-electron chi connectivity index (χ2n) is 4.40. The van der Waals surface area contributed by atoms with Crippen molar-refractivity contribution in [3.8, 4) is 0 Å². The van der Waals surface area contributed by atoms with Crippen LogP contribution < -0.4 is 10.6 Å². The zero-order valence-electron chi connectivity index (χ0n) is 8.79. The molecule has 0 bridgehead atoms. The Hall–Kier alpha value is -0.680. The largest absolute Gasteiger partial charge is 0.353 e. The Bertz CT molecular complexity index is 316. The van der Waals surface area contributed by atoms with Crippen molar-refractivity contribution in [2.45, 2.75) is 32.2 Å². The molecule has 0 aliphatic carbocycles. The van der Waals surface area contributed by atoms with Crippen LogP contribution in [0.3, 0.4) is 0 Å². The van der Waals surface area contributed by atoms with Crippen LogP contribution in [0.4, 0.5) is 5.13 Å². The minimum Gasteiger partial charge on any atom is -0.353 e. The Morgan fingerprint density at radius 2 is 2.21 bits per heavy atom. The third-order valence-electron chi connectivity index (χ3n) is 2.40. The molecule has 2 heterocycles. The fourth-order valence-corrected chi connectivity index (χ4v) is 2.22. The average Bonchev–Trinajstić information content (AvgIpc) is 2.50. The second-order valence-corrected chi connectivity index (χ2v) is 5.15. The summed E-state index contributed by atoms with van der Waals surface area (Å²) in [6.07, 6.45) is 0. The van der Waals surface area contributed by atoms with Crippen molar-refractivity contribution in [1.29, 1.82) is 0 Å². The molecule has 2 N–H and O–H groups in total. The van der Waals surface area contributed by atoms with E-state index >= 15 is 0 Å². The highest BCUT2D eigenvalue weighted by molar-refractivity contribution is 7.09. The van der Waals surface area contributed by atoms with E-state index in [9.17, 15) is 0 Å². The minimum absolute atomic E-state index is 0.174. The van der Waals surface area contributed by atoms with Gasteiger partial charge in [-0.2, -0.15) is 4.37 Å². The van der Waals surface area contributed by atoms with Crippen molar-refractivity contribution >= 4 is 16.7 Å². The Morgan fingerprint density at radius 3 is 2.64 bits per heavy atom. The second kappa shape index (κ2) is 3.47. The molecule has 0 spiro atoms. The Morgan fingerprint density at radius 1 is 1.50 bits per heavy atom. The van der Waals surface area contributed by atoms with Gasteiger partial charge in [-0.15, -0.1) is 0 Å². The van der Waals surface area contributed by atoms with Crippen molar-refractivity contribution in [3.63, 3.8) is 0 Å². The molecule has 1 aliphatic heterocycles. The predicted octanol–water partition coefficient (Wildman–Crippen LogP) is 1.44. The molecule has 1 saturated heterocycles. The summed E-state index contributed by atoms with van der Waals surface area (Å²) in [6.45, 7) is 8.42. The van der Waals surface area contributed by atoms with Crippen molar-refractivity contribution < 1.29 is 0 Å². The molecule has 0 amide bonds. The smallest absolute Gasteiger partial charge is 0.203 e. The monoisotopic (exact) mass is 212 g/mol. The Kier molecular flexibility index (Phi) is 2.45. The molecule has 5 heteroatoms. The fraction of sp³-hybridized carbons (Fsp3) is 0.778. The van der Waals surface area contributed by atoms with Gasteiger partial charge in [-0.3, -0.25) is 0 Å². The van der Waals surface area contributed by atoms with Crippen LogP contribution in [0.2, 0.25) is 0 Å². The highest BCUT2D eigenvalue weighted by Crippen LogP contribution is 2.22. The molecule has 0 unspecified atom stereocenters. The Balaban J connectivity index is 2.02. The highest BCUT2D eigenvalue weighted by Gasteiger charge is 2.32. The lowest BCUT2D eigenvalue weighted by atomic mass is 9.96. The lowest BCUT2D eigenvalue weighted by Gasteiger charge is -2.39. The van der Waals surface area contributed by atoms with Gasteiger partial charge in [0, 0.05) is 30.5 Å². The summed E-state index contributed by atoms with van der Waals surface area (Å²) in [5.41, 5.74) is 0.174. The first-order chi connectivity index (χ1) is 6.59. The van der Waals surface area contributed by atoms with E-state index < -0.39 is 0 Å². The molecule has 0 atom stereocenters. The van der Waals surface area contributed by atoms with Gasteiger partial charge >= 0.3 is 0 Å². The average molecular weight is 212 g/mol. The number of nitrogens with one attached hydrogen (secondary N) is 2. The van der Waals surface area contributed by atoms with E-state index in [0.29, 0.717) is 5.92 Å². The van der Waals surface area contributed by atoms with Gasteiger partial charge in [0.25, 0.3) is 0 Å². The van der Waals surface area contributed by atoms with Crippen LogP contribution in [-0.4, -0.2) is 28.0 Å². The van der Waals surface area contributed by atoms with Gasteiger partial charge in [0.1, 0.15) is 5.82 Å². The molecule has 0 radical (unpaired) electrons. The number of hydrogen-bond acceptors (Lipinski definition) is 5. The number of hydrogen-bond donors (Lipinski definition) is 2. The van der Waals surface area contributed by atoms with Crippen molar-refractivity contribution in [2.75, 3.05) is 18.4 Å². The number of aromatic nitrogens is 2. The fourth-order valence-electron chi connectivity index (χ4n) is 1.37. The van der Waals surface area contributed by atoms with Crippen LogP contribution in [0.1, 0.15) is 32.5 Å². The van der Waals surface area contributed by atoms with Crippen LogP contribution in [0, 0.1) is 0 Å². The van der Waals surface area contributed by atoms with Gasteiger partial charge in [-0.05, 0) is 6.92 Å². The third kappa shape index (κ3) is 1.88. The first-order valence-electron chi connectivity index (χ1n) is 4.92. The molecule has 1 aromatic heterocycles. The van der Waals surface area contributed by atoms with Crippen molar-refractivity contribution in [1.82, 2.24) is 14.7 Å². The van der Waals surface area contributed by atoms with Crippen LogP contribution in [0.15, 0.2) is 0 Å². The topological polar surface area (TPSA) is 49.8 Å². The molecule has 1 aromatic rings. The number of nitrogens with zero attached hydrogens (tertiary/aromatic N) is 2. The number of anilines is 1. The molecule has 78 valence electrons. The van der Waals surface area contributed by atoms with Crippen molar-refractivity contribution in [3.05, 3.63) is 5.82 Å². The maximum atomic E-state index is 4.45. The van der Waals surface area contributed by atoms with E-state index in [4.69, 9.17) is 0 Å². The summed E-state index contributed by atoms with van der Waals surface area (Å²) in [5.74, 6) is 1.35. The summed E-state index contributed by atoms with van der Waals surface area (Å²) < 4.78 is 4.31. The summed E-state index contributed by atoms with van der Waals surface area (Å²) in [7, 11) is 0. The lowest BCUT2D eigenvalue weighted by molar-refractivity contribution is 0.338. The predicted molar refractivity (Wildman–Crippen MR) is 58.9 cm³/mol. The van der Waals surface area contributed by atoms with E-state index in [1.807, 2.05) is 0 Å². The lowest BCUT2D eigenvalue weighted by Crippen LogP contribution is -2.62. The normalized spacial score (nSPS) is 19.4. The SMILES string of the molecule is CC(C)c1nsc(NC2(C)CNC2)n1. The molecule has 4 nitrogen and oxygen atoms in total. The summed E-state index contributed by atoms with van der Waals surface area (Å²) in [4.78, 5) is 4.45. The van der Waals surface area contributed by atoms with Gasteiger partial charge in [0.2, 0.25) is 5.13 Å². The van der Waals surface area contributed by atoms with Gasteiger partial charge < -0.3 is 10.6 Å².